The summed E-state index contributed by atoms with van der Waals surface area (Å²) in [6.45, 7) is 0. The van der Waals surface area contributed by atoms with E-state index in [1.807, 2.05) is 0 Å². The van der Waals surface area contributed by atoms with Crippen molar-refractivity contribution in [3.8, 4) is 0 Å². The fraction of sp³-hybridized carbons (Fsp3) is 0.800. The predicted octanol–water partition coefficient (Wildman–Crippen LogP) is 0.805. The third-order valence-corrected chi connectivity index (χ3v) is 6.29. The number of aromatic nitrogens is 3. The summed E-state index contributed by atoms with van der Waals surface area (Å²) in [7, 11) is 0.496. The van der Waals surface area contributed by atoms with Gasteiger partial charge >= 0.3 is 0 Å². The lowest BCUT2D eigenvalue weighted by molar-refractivity contribution is 0.449. The molecule has 2 unspecified atom stereocenters. The smallest absolute Gasteiger partial charge is 0.155 e. The Morgan fingerprint density at radius 2 is 2.22 bits per heavy atom. The molecule has 2 rings (SSSR count). The highest BCUT2D eigenvalue weighted by Crippen LogP contribution is 2.32. The summed E-state index contributed by atoms with van der Waals surface area (Å²) < 4.78 is 26.6. The van der Waals surface area contributed by atoms with Gasteiger partial charge in [-0.3, -0.25) is 0 Å². The lowest BCUT2D eigenvalue weighted by Gasteiger charge is -2.29. The predicted molar refractivity (Wildman–Crippen MR) is 71.9 cm³/mol. The summed E-state index contributed by atoms with van der Waals surface area (Å²) in [6.07, 6.45) is 2.40. The molecule has 1 N–H and O–H groups in total. The van der Waals surface area contributed by atoms with Gasteiger partial charge in [-0.25, -0.2) is 13.1 Å². The Morgan fingerprint density at radius 1 is 1.50 bits per heavy atom. The number of halogens is 1. The van der Waals surface area contributed by atoms with Crippen LogP contribution in [0.4, 0.5) is 0 Å². The Morgan fingerprint density at radius 3 is 2.72 bits per heavy atom. The largest absolute Gasteiger partial charge is 0.311 e. The lowest BCUT2D eigenvalue weighted by atomic mass is 10.0. The number of nitrogens with one attached hydrogen (secondary N) is 1. The highest BCUT2D eigenvalue weighted by Gasteiger charge is 2.38. The van der Waals surface area contributed by atoms with Gasteiger partial charge in [-0.15, -0.1) is 5.10 Å². The second kappa shape index (κ2) is 5.26. The van der Waals surface area contributed by atoms with Crippen molar-refractivity contribution < 1.29 is 8.42 Å². The van der Waals surface area contributed by atoms with Crippen LogP contribution in [0.5, 0.6) is 0 Å². The molecule has 2 atom stereocenters. The standard InChI is InChI=1S/C10H17BrN4O2S/c1-12-8(9-10(11)13-14-15(9)2)7-5-3-4-6-18(7,16)17/h7-8,12H,3-6H2,1-2H3. The van der Waals surface area contributed by atoms with Gasteiger partial charge in [0.2, 0.25) is 0 Å². The quantitative estimate of drug-likeness (QED) is 0.883. The van der Waals surface area contributed by atoms with Crippen LogP contribution in [0.25, 0.3) is 0 Å². The zero-order valence-electron chi connectivity index (χ0n) is 10.4. The van der Waals surface area contributed by atoms with Crippen LogP contribution < -0.4 is 5.32 Å². The molecule has 0 saturated carbocycles. The molecule has 0 amide bonds. The van der Waals surface area contributed by atoms with Crippen LogP contribution in [0.2, 0.25) is 0 Å². The van der Waals surface area contributed by atoms with Gasteiger partial charge in [0.05, 0.1) is 22.7 Å². The molecule has 1 aromatic heterocycles. The number of aryl methyl sites for hydroxylation is 1. The molecule has 1 saturated heterocycles. The van der Waals surface area contributed by atoms with E-state index in [1.54, 1.807) is 18.8 Å². The van der Waals surface area contributed by atoms with Gasteiger partial charge in [0.25, 0.3) is 0 Å². The van der Waals surface area contributed by atoms with Crippen LogP contribution in [0.3, 0.4) is 0 Å². The second-order valence-corrected chi connectivity index (χ2v) is 7.65. The first-order chi connectivity index (χ1) is 8.47. The Kier molecular flexibility index (Phi) is 4.08. The maximum atomic E-state index is 12.2. The zero-order valence-corrected chi connectivity index (χ0v) is 12.8. The van der Waals surface area contributed by atoms with Crippen LogP contribution >= 0.6 is 15.9 Å². The maximum Gasteiger partial charge on any atom is 0.155 e. The fourth-order valence-electron chi connectivity index (χ4n) is 2.52. The molecule has 1 fully saturated rings. The van der Waals surface area contributed by atoms with Crippen LogP contribution in [-0.4, -0.2) is 41.5 Å². The van der Waals surface area contributed by atoms with Crippen molar-refractivity contribution in [2.45, 2.75) is 30.6 Å². The molecule has 6 nitrogen and oxygen atoms in total. The van der Waals surface area contributed by atoms with Crippen LogP contribution in [0.15, 0.2) is 4.60 Å². The Bertz CT molecular complexity index is 508. The molecule has 1 aliphatic heterocycles. The van der Waals surface area contributed by atoms with E-state index in [1.165, 1.54) is 0 Å². The van der Waals surface area contributed by atoms with Gasteiger partial charge in [-0.05, 0) is 35.8 Å². The van der Waals surface area contributed by atoms with E-state index in [-0.39, 0.29) is 11.8 Å². The average molecular weight is 337 g/mol. The van der Waals surface area contributed by atoms with Crippen LogP contribution in [0, 0.1) is 0 Å². The van der Waals surface area contributed by atoms with E-state index in [9.17, 15) is 8.42 Å². The molecular weight excluding hydrogens is 320 g/mol. The Balaban J connectivity index is 2.40. The van der Waals surface area contributed by atoms with Gasteiger partial charge in [0.15, 0.2) is 14.4 Å². The van der Waals surface area contributed by atoms with Crippen LogP contribution in [-0.2, 0) is 16.9 Å². The van der Waals surface area contributed by atoms with Crippen molar-refractivity contribution >= 4 is 25.8 Å². The van der Waals surface area contributed by atoms with Crippen molar-refractivity contribution in [2.24, 2.45) is 7.05 Å². The average Bonchev–Trinajstić information content (AvgIpc) is 2.63. The summed E-state index contributed by atoms with van der Waals surface area (Å²) in [5.74, 6) is 0.277. The SMILES string of the molecule is CNC(c1c(Br)nnn1C)C1CCCCS1(=O)=O. The first-order valence-electron chi connectivity index (χ1n) is 5.91. The Labute approximate surface area is 115 Å². The molecule has 0 bridgehead atoms. The number of hydrogen-bond acceptors (Lipinski definition) is 5. The Hall–Kier alpha value is -0.470. The van der Waals surface area contributed by atoms with E-state index < -0.39 is 15.1 Å². The lowest BCUT2D eigenvalue weighted by Crippen LogP contribution is -2.40. The van der Waals surface area contributed by atoms with Crippen LogP contribution in [0.1, 0.15) is 31.0 Å². The van der Waals surface area contributed by atoms with Gasteiger partial charge in [0, 0.05) is 7.05 Å². The minimum absolute atomic E-state index is 0.273. The molecule has 1 aromatic rings. The maximum absolute atomic E-state index is 12.2. The molecule has 8 heteroatoms. The molecule has 0 radical (unpaired) electrons. The third-order valence-electron chi connectivity index (χ3n) is 3.43. The topological polar surface area (TPSA) is 76.9 Å². The summed E-state index contributed by atoms with van der Waals surface area (Å²) in [4.78, 5) is 0. The van der Waals surface area contributed by atoms with Crippen molar-refractivity contribution in [1.82, 2.24) is 20.3 Å². The highest BCUT2D eigenvalue weighted by molar-refractivity contribution is 9.10. The van der Waals surface area contributed by atoms with E-state index >= 15 is 0 Å². The third kappa shape index (κ3) is 2.46. The molecule has 18 heavy (non-hydrogen) atoms. The fourth-order valence-corrected chi connectivity index (χ4v) is 5.21. The van der Waals surface area contributed by atoms with E-state index in [0.29, 0.717) is 11.0 Å². The monoisotopic (exact) mass is 336 g/mol. The molecule has 102 valence electrons. The minimum Gasteiger partial charge on any atom is -0.311 e. The van der Waals surface area contributed by atoms with Gasteiger partial charge in [0.1, 0.15) is 0 Å². The van der Waals surface area contributed by atoms with Gasteiger partial charge in [-0.1, -0.05) is 11.6 Å². The first kappa shape index (κ1) is 14.0. The van der Waals surface area contributed by atoms with E-state index in [4.69, 9.17) is 0 Å². The van der Waals surface area contributed by atoms with E-state index in [0.717, 1.165) is 18.5 Å². The normalized spacial score (nSPS) is 24.9. The summed E-state index contributed by atoms with van der Waals surface area (Å²) in [6, 6.07) is -0.273. The van der Waals surface area contributed by atoms with E-state index in [2.05, 4.69) is 31.6 Å². The first-order valence-corrected chi connectivity index (χ1v) is 8.42. The zero-order chi connectivity index (χ0) is 13.3. The molecule has 1 aliphatic rings. The molecular formula is C10H17BrN4O2S. The summed E-state index contributed by atoms with van der Waals surface area (Å²) in [5.41, 5.74) is 0.785. The van der Waals surface area contributed by atoms with Gasteiger partial charge < -0.3 is 5.32 Å². The molecule has 0 spiro atoms. The molecule has 0 aliphatic carbocycles. The van der Waals surface area contributed by atoms with Crippen molar-refractivity contribution in [3.05, 3.63) is 10.3 Å². The minimum atomic E-state index is -3.05. The number of nitrogens with zero attached hydrogens (tertiary/aromatic N) is 3. The van der Waals surface area contributed by atoms with Gasteiger partial charge in [-0.2, -0.15) is 0 Å². The summed E-state index contributed by atoms with van der Waals surface area (Å²) in [5, 5.41) is 10.5. The number of hydrogen-bond donors (Lipinski definition) is 1. The number of sulfone groups is 1. The number of rotatable bonds is 3. The molecule has 2 heterocycles. The van der Waals surface area contributed by atoms with Crippen molar-refractivity contribution in [2.75, 3.05) is 12.8 Å². The van der Waals surface area contributed by atoms with Crippen molar-refractivity contribution in [1.29, 1.82) is 0 Å². The van der Waals surface area contributed by atoms with Crippen molar-refractivity contribution in [3.63, 3.8) is 0 Å². The second-order valence-electron chi connectivity index (χ2n) is 4.56. The summed E-state index contributed by atoms with van der Waals surface area (Å²) >= 11 is 3.33. The molecule has 0 aromatic carbocycles. The highest BCUT2D eigenvalue weighted by atomic mass is 79.9.